The van der Waals surface area contributed by atoms with E-state index in [2.05, 4.69) is 32.8 Å². The maximum Gasteiger partial charge on any atom is 0.297 e. The minimum absolute atomic E-state index is 0.0414. The second-order valence-electron chi connectivity index (χ2n) is 4.15. The predicted molar refractivity (Wildman–Crippen MR) is 82.3 cm³/mol. The van der Waals surface area contributed by atoms with E-state index < -0.39 is 4.92 Å². The summed E-state index contributed by atoms with van der Waals surface area (Å²) >= 11 is 2.22. The van der Waals surface area contributed by atoms with Crippen LogP contribution in [-0.2, 0) is 0 Å². The van der Waals surface area contributed by atoms with Gasteiger partial charge in [0.15, 0.2) is 5.69 Å². The van der Waals surface area contributed by atoms with Crippen LogP contribution in [0.25, 0.3) is 11.4 Å². The number of tetrazole rings is 1. The standard InChI is InChI=1S/C13H9IN5O2/c14-12-3-1-2-4-13(12)18-16-9-15-17(18)10-5-7-11(8-6-10)19(20)21/h1-9H/q+1. The van der Waals surface area contributed by atoms with Crippen LogP contribution in [0.2, 0.25) is 0 Å². The van der Waals surface area contributed by atoms with Crippen LogP contribution in [0.15, 0.2) is 54.9 Å². The highest BCUT2D eigenvalue weighted by atomic mass is 127. The first-order valence-corrected chi connectivity index (χ1v) is 7.07. The number of aromatic nitrogens is 4. The van der Waals surface area contributed by atoms with Crippen molar-refractivity contribution in [3.63, 3.8) is 0 Å². The maximum absolute atomic E-state index is 10.7. The van der Waals surface area contributed by atoms with Crippen LogP contribution in [0, 0.1) is 13.7 Å². The third-order valence-electron chi connectivity index (χ3n) is 2.86. The van der Waals surface area contributed by atoms with E-state index >= 15 is 0 Å². The van der Waals surface area contributed by atoms with Gasteiger partial charge in [0.1, 0.15) is 5.69 Å². The number of hydrogen-bond donors (Lipinski definition) is 0. The summed E-state index contributed by atoms with van der Waals surface area (Å²) in [6.07, 6.45) is 1.44. The summed E-state index contributed by atoms with van der Waals surface area (Å²) in [5.41, 5.74) is 1.62. The van der Waals surface area contributed by atoms with E-state index in [1.165, 1.54) is 18.5 Å². The Morgan fingerprint density at radius 3 is 2.52 bits per heavy atom. The number of non-ortho nitro benzene ring substituents is 1. The van der Waals surface area contributed by atoms with Gasteiger partial charge in [-0.15, -0.1) is 0 Å². The molecular weight excluding hydrogens is 385 g/mol. The summed E-state index contributed by atoms with van der Waals surface area (Å²) < 4.78 is 1.02. The van der Waals surface area contributed by atoms with Crippen molar-refractivity contribution < 1.29 is 9.72 Å². The minimum atomic E-state index is -0.431. The molecule has 0 saturated carbocycles. The maximum atomic E-state index is 10.7. The molecule has 0 radical (unpaired) electrons. The van der Waals surface area contributed by atoms with Crippen LogP contribution >= 0.6 is 22.6 Å². The number of nitro groups is 1. The SMILES string of the molecule is O=[N+]([O-])c1ccc(-n2ncn[n+]2-c2ccccc2I)cc1. The fourth-order valence-electron chi connectivity index (χ4n) is 1.88. The topological polar surface area (TPSA) is 77.7 Å². The Bertz CT molecular complexity index is 800. The number of rotatable bonds is 3. The zero-order valence-corrected chi connectivity index (χ0v) is 12.8. The van der Waals surface area contributed by atoms with Gasteiger partial charge in [-0.1, -0.05) is 12.1 Å². The number of benzene rings is 2. The van der Waals surface area contributed by atoms with Crippen molar-refractivity contribution in [2.45, 2.75) is 0 Å². The van der Waals surface area contributed by atoms with Gasteiger partial charge in [-0.3, -0.25) is 10.1 Å². The molecule has 0 aliphatic rings. The molecule has 0 bridgehead atoms. The van der Waals surface area contributed by atoms with Gasteiger partial charge in [-0.05, 0) is 56.8 Å². The Labute approximate surface area is 133 Å². The summed E-state index contributed by atoms with van der Waals surface area (Å²) in [6.45, 7) is 0. The van der Waals surface area contributed by atoms with Crippen molar-refractivity contribution in [1.82, 2.24) is 15.0 Å². The lowest BCUT2D eigenvalue weighted by Crippen LogP contribution is -2.43. The first-order valence-electron chi connectivity index (χ1n) is 5.99. The van der Waals surface area contributed by atoms with Crippen LogP contribution in [0.5, 0.6) is 0 Å². The van der Waals surface area contributed by atoms with Crippen molar-refractivity contribution >= 4 is 28.3 Å². The molecule has 3 rings (SSSR count). The molecule has 0 aliphatic carbocycles. The lowest BCUT2D eigenvalue weighted by Gasteiger charge is -2.01. The summed E-state index contributed by atoms with van der Waals surface area (Å²) in [7, 11) is 0. The van der Waals surface area contributed by atoms with E-state index in [1.807, 2.05) is 24.3 Å². The number of nitrogens with zero attached hydrogens (tertiary/aromatic N) is 5. The molecule has 3 aromatic rings. The Morgan fingerprint density at radius 2 is 1.86 bits per heavy atom. The smallest absolute Gasteiger partial charge is 0.258 e. The van der Waals surface area contributed by atoms with Gasteiger partial charge >= 0.3 is 0 Å². The number of nitro benzene ring substituents is 1. The fraction of sp³-hybridized carbons (Fsp3) is 0. The van der Waals surface area contributed by atoms with Crippen LogP contribution < -0.4 is 4.80 Å². The van der Waals surface area contributed by atoms with Gasteiger partial charge < -0.3 is 0 Å². The Kier molecular flexibility index (Phi) is 3.60. The molecule has 0 N–H and O–H groups in total. The fourth-order valence-corrected chi connectivity index (χ4v) is 2.48. The lowest BCUT2D eigenvalue weighted by molar-refractivity contribution is -0.735. The molecule has 0 spiro atoms. The quantitative estimate of drug-likeness (QED) is 0.295. The number of halogens is 1. The van der Waals surface area contributed by atoms with Gasteiger partial charge in [0.05, 0.1) is 13.6 Å². The molecule has 1 aromatic heterocycles. The molecule has 0 fully saturated rings. The van der Waals surface area contributed by atoms with E-state index in [-0.39, 0.29) is 5.69 Å². The molecule has 0 amide bonds. The summed E-state index contributed by atoms with van der Waals surface area (Å²) in [5, 5.41) is 19.1. The van der Waals surface area contributed by atoms with Crippen LogP contribution in [0.3, 0.4) is 0 Å². The van der Waals surface area contributed by atoms with Gasteiger partial charge in [0.2, 0.25) is 0 Å². The zero-order valence-electron chi connectivity index (χ0n) is 10.6. The normalized spacial score (nSPS) is 10.5. The Balaban J connectivity index is 2.07. The van der Waals surface area contributed by atoms with Gasteiger partial charge in [0.25, 0.3) is 12.0 Å². The Morgan fingerprint density at radius 1 is 1.14 bits per heavy atom. The molecule has 0 atom stereocenters. The average molecular weight is 394 g/mol. The van der Waals surface area contributed by atoms with Gasteiger partial charge in [-0.2, -0.15) is 0 Å². The van der Waals surface area contributed by atoms with E-state index in [9.17, 15) is 10.1 Å². The monoisotopic (exact) mass is 394 g/mol. The zero-order chi connectivity index (χ0) is 14.8. The lowest BCUT2D eigenvalue weighted by atomic mass is 10.3. The molecule has 0 saturated heterocycles. The summed E-state index contributed by atoms with van der Waals surface area (Å²) in [5.74, 6) is 0. The minimum Gasteiger partial charge on any atom is -0.258 e. The second kappa shape index (κ2) is 5.56. The summed E-state index contributed by atoms with van der Waals surface area (Å²) in [4.78, 5) is 13.5. The average Bonchev–Trinajstić information content (AvgIpc) is 2.97. The van der Waals surface area contributed by atoms with Crippen molar-refractivity contribution in [3.8, 4) is 11.4 Å². The molecule has 8 heteroatoms. The van der Waals surface area contributed by atoms with Crippen molar-refractivity contribution in [2.24, 2.45) is 0 Å². The van der Waals surface area contributed by atoms with Crippen LogP contribution in [0.1, 0.15) is 0 Å². The van der Waals surface area contributed by atoms with Gasteiger partial charge in [0, 0.05) is 16.9 Å². The van der Waals surface area contributed by atoms with Crippen LogP contribution in [0.4, 0.5) is 5.69 Å². The molecule has 0 unspecified atom stereocenters. The molecular formula is C13H9IN5O2+. The number of hydrogen-bond acceptors (Lipinski definition) is 4. The molecule has 2 aromatic carbocycles. The van der Waals surface area contributed by atoms with Crippen molar-refractivity contribution in [1.29, 1.82) is 0 Å². The first kappa shape index (κ1) is 13.6. The van der Waals surface area contributed by atoms with Crippen LogP contribution in [-0.4, -0.2) is 19.9 Å². The Hall–Kier alpha value is -2.36. The first-order chi connectivity index (χ1) is 10.2. The van der Waals surface area contributed by atoms with E-state index in [0.717, 1.165) is 9.26 Å². The molecule has 1 heterocycles. The molecule has 7 nitrogen and oxygen atoms in total. The van der Waals surface area contributed by atoms with Crippen molar-refractivity contribution in [2.75, 3.05) is 0 Å². The highest BCUT2D eigenvalue weighted by Gasteiger charge is 2.18. The molecule has 0 aliphatic heterocycles. The largest absolute Gasteiger partial charge is 0.297 e. The third-order valence-corrected chi connectivity index (χ3v) is 3.77. The third kappa shape index (κ3) is 2.61. The molecule has 104 valence electrons. The second-order valence-corrected chi connectivity index (χ2v) is 5.31. The van der Waals surface area contributed by atoms with Gasteiger partial charge in [-0.25, -0.2) is 0 Å². The van der Waals surface area contributed by atoms with Crippen molar-refractivity contribution in [3.05, 3.63) is 68.5 Å². The number of para-hydroxylation sites is 1. The van der Waals surface area contributed by atoms with E-state index in [0.29, 0.717) is 5.69 Å². The highest BCUT2D eigenvalue weighted by molar-refractivity contribution is 14.1. The highest BCUT2D eigenvalue weighted by Crippen LogP contribution is 2.15. The molecule has 21 heavy (non-hydrogen) atoms. The predicted octanol–water partition coefficient (Wildman–Crippen LogP) is 2.06. The van der Waals surface area contributed by atoms with E-state index in [1.54, 1.807) is 21.7 Å². The van der Waals surface area contributed by atoms with E-state index in [4.69, 9.17) is 0 Å². The summed E-state index contributed by atoms with van der Waals surface area (Å²) in [6, 6.07) is 13.9.